The van der Waals surface area contributed by atoms with Crippen molar-refractivity contribution in [1.82, 2.24) is 24.8 Å². The Bertz CT molecular complexity index is 1050. The molecular weight excluding hydrogens is 374 g/mol. The molecule has 0 saturated carbocycles. The summed E-state index contributed by atoms with van der Waals surface area (Å²) >= 11 is 1.46. The molecule has 1 saturated heterocycles. The maximum atomic E-state index is 13.0. The fourth-order valence-corrected chi connectivity index (χ4v) is 4.07. The minimum atomic E-state index is -0.237. The number of nitrogens with one attached hydrogen (secondary N) is 1. The van der Waals surface area contributed by atoms with Gasteiger partial charge in [-0.2, -0.15) is 0 Å². The van der Waals surface area contributed by atoms with Crippen molar-refractivity contribution in [2.45, 2.75) is 6.92 Å². The van der Waals surface area contributed by atoms with E-state index in [2.05, 4.69) is 19.9 Å². The number of piperazine rings is 1. The van der Waals surface area contributed by atoms with E-state index in [9.17, 15) is 9.59 Å². The second kappa shape index (κ2) is 7.65. The lowest BCUT2D eigenvalue weighted by molar-refractivity contribution is 0.0663. The van der Waals surface area contributed by atoms with Crippen LogP contribution < -0.4 is 5.56 Å². The molecule has 1 amide bonds. The normalized spacial score (nSPS) is 15.0. The lowest BCUT2D eigenvalue weighted by Gasteiger charge is -2.32. The van der Waals surface area contributed by atoms with Crippen molar-refractivity contribution in [3.8, 4) is 21.8 Å². The zero-order valence-electron chi connectivity index (χ0n) is 15.8. The van der Waals surface area contributed by atoms with Gasteiger partial charge in [0, 0.05) is 55.2 Å². The van der Waals surface area contributed by atoms with E-state index in [1.807, 2.05) is 29.5 Å². The molecule has 0 atom stereocenters. The summed E-state index contributed by atoms with van der Waals surface area (Å²) in [5.74, 6) is -0.0484. The SMILES string of the molecule is Cc1[nH]c(=O)c(-c2csc(-c3ccncc3)n2)cc1C(=O)N1CCN(C)CC1. The Morgan fingerprint density at radius 1 is 1.18 bits per heavy atom. The third-order valence-corrected chi connectivity index (χ3v) is 5.86. The molecule has 1 fully saturated rings. The summed E-state index contributed by atoms with van der Waals surface area (Å²) in [5, 5.41) is 2.66. The van der Waals surface area contributed by atoms with Crippen molar-refractivity contribution in [2.75, 3.05) is 33.2 Å². The van der Waals surface area contributed by atoms with Gasteiger partial charge in [0.2, 0.25) is 0 Å². The quantitative estimate of drug-likeness (QED) is 0.736. The predicted octanol–water partition coefficient (Wildman–Crippen LogP) is 2.26. The summed E-state index contributed by atoms with van der Waals surface area (Å²) in [5.41, 5.74) is 2.81. The first kappa shape index (κ1) is 18.5. The van der Waals surface area contributed by atoms with Crippen molar-refractivity contribution >= 4 is 17.2 Å². The Kier molecular flexibility index (Phi) is 5.06. The third-order valence-electron chi connectivity index (χ3n) is 4.97. The number of nitrogens with zero attached hydrogens (tertiary/aromatic N) is 4. The molecule has 0 aliphatic carbocycles. The number of likely N-dealkylation sites (N-methyl/N-ethyl adjacent to an activating group) is 1. The summed E-state index contributed by atoms with van der Waals surface area (Å²) in [7, 11) is 2.05. The van der Waals surface area contributed by atoms with Crippen LogP contribution in [-0.4, -0.2) is 63.9 Å². The number of aromatic amines is 1. The van der Waals surface area contributed by atoms with Gasteiger partial charge in [0.1, 0.15) is 5.01 Å². The van der Waals surface area contributed by atoms with Crippen molar-refractivity contribution < 1.29 is 4.79 Å². The predicted molar refractivity (Wildman–Crippen MR) is 110 cm³/mol. The van der Waals surface area contributed by atoms with Gasteiger partial charge in [-0.15, -0.1) is 11.3 Å². The lowest BCUT2D eigenvalue weighted by Crippen LogP contribution is -2.47. The van der Waals surface area contributed by atoms with Crippen LogP contribution in [0.1, 0.15) is 16.1 Å². The summed E-state index contributed by atoms with van der Waals surface area (Å²) in [6, 6.07) is 5.44. The molecule has 144 valence electrons. The largest absolute Gasteiger partial charge is 0.336 e. The number of hydrogen-bond donors (Lipinski definition) is 1. The minimum absolute atomic E-state index is 0.0484. The molecule has 0 bridgehead atoms. The summed E-state index contributed by atoms with van der Waals surface area (Å²) in [6.07, 6.45) is 3.42. The van der Waals surface area contributed by atoms with E-state index in [4.69, 9.17) is 0 Å². The molecule has 1 aliphatic rings. The van der Waals surface area contributed by atoms with Crippen LogP contribution in [-0.2, 0) is 0 Å². The van der Waals surface area contributed by atoms with Crippen LogP contribution in [0.25, 0.3) is 21.8 Å². The number of rotatable bonds is 3. The maximum Gasteiger partial charge on any atom is 0.257 e. The maximum absolute atomic E-state index is 13.0. The van der Waals surface area contributed by atoms with Gasteiger partial charge in [0.25, 0.3) is 11.5 Å². The highest BCUT2D eigenvalue weighted by molar-refractivity contribution is 7.13. The molecular formula is C20H21N5O2S. The van der Waals surface area contributed by atoms with Gasteiger partial charge in [-0.3, -0.25) is 14.6 Å². The van der Waals surface area contributed by atoms with Gasteiger partial charge in [0.05, 0.1) is 16.8 Å². The number of hydrogen-bond acceptors (Lipinski definition) is 6. The molecule has 1 aliphatic heterocycles. The van der Waals surface area contributed by atoms with Gasteiger partial charge in [-0.05, 0) is 32.2 Å². The number of aromatic nitrogens is 3. The van der Waals surface area contributed by atoms with Crippen LogP contribution in [0, 0.1) is 6.92 Å². The van der Waals surface area contributed by atoms with E-state index >= 15 is 0 Å². The number of carbonyl (C=O) groups is 1. The molecule has 8 heteroatoms. The van der Waals surface area contributed by atoms with Gasteiger partial charge in [0.15, 0.2) is 0 Å². The van der Waals surface area contributed by atoms with E-state index in [1.165, 1.54) is 11.3 Å². The molecule has 0 spiro atoms. The second-order valence-electron chi connectivity index (χ2n) is 6.92. The van der Waals surface area contributed by atoms with Crippen LogP contribution in [0.5, 0.6) is 0 Å². The number of carbonyl (C=O) groups excluding carboxylic acids is 1. The Balaban J connectivity index is 1.67. The second-order valence-corrected chi connectivity index (χ2v) is 7.78. The number of aryl methyl sites for hydroxylation is 1. The fourth-order valence-electron chi connectivity index (χ4n) is 3.24. The molecule has 1 N–H and O–H groups in total. The molecule has 0 unspecified atom stereocenters. The summed E-state index contributed by atoms with van der Waals surface area (Å²) < 4.78 is 0. The third kappa shape index (κ3) is 3.61. The standard InChI is InChI=1S/C20H21N5O2S/c1-13-15(20(27)25-9-7-24(2)8-10-25)11-16(18(26)22-13)17-12-28-19(23-17)14-3-5-21-6-4-14/h3-6,11-12H,7-10H2,1-2H3,(H,22,26). The first-order chi connectivity index (χ1) is 13.5. The fraction of sp³-hybridized carbons (Fsp3) is 0.300. The lowest BCUT2D eigenvalue weighted by atomic mass is 10.1. The van der Waals surface area contributed by atoms with Crippen molar-refractivity contribution in [3.05, 3.63) is 57.6 Å². The monoisotopic (exact) mass is 395 g/mol. The average Bonchev–Trinajstić information content (AvgIpc) is 3.19. The van der Waals surface area contributed by atoms with Gasteiger partial charge in [-0.1, -0.05) is 0 Å². The van der Waals surface area contributed by atoms with Crippen LogP contribution in [0.4, 0.5) is 0 Å². The number of pyridine rings is 2. The molecule has 3 aromatic heterocycles. The van der Waals surface area contributed by atoms with Crippen molar-refractivity contribution in [3.63, 3.8) is 0 Å². The van der Waals surface area contributed by atoms with Gasteiger partial charge in [-0.25, -0.2) is 4.98 Å². The number of thiazole rings is 1. The van der Waals surface area contributed by atoms with E-state index < -0.39 is 0 Å². The molecule has 4 heterocycles. The van der Waals surface area contributed by atoms with Crippen LogP contribution in [0.15, 0.2) is 40.8 Å². The van der Waals surface area contributed by atoms with Crippen LogP contribution in [0.3, 0.4) is 0 Å². The first-order valence-corrected chi connectivity index (χ1v) is 9.99. The average molecular weight is 395 g/mol. The van der Waals surface area contributed by atoms with Gasteiger partial charge >= 0.3 is 0 Å². The zero-order chi connectivity index (χ0) is 19.7. The zero-order valence-corrected chi connectivity index (χ0v) is 16.6. The highest BCUT2D eigenvalue weighted by atomic mass is 32.1. The number of amides is 1. The molecule has 0 aromatic carbocycles. The van der Waals surface area contributed by atoms with E-state index in [0.717, 1.165) is 23.7 Å². The first-order valence-electron chi connectivity index (χ1n) is 9.11. The van der Waals surface area contributed by atoms with E-state index in [1.54, 1.807) is 25.4 Å². The summed E-state index contributed by atoms with van der Waals surface area (Å²) in [6.45, 7) is 4.83. The Hall–Kier alpha value is -2.84. The molecule has 7 nitrogen and oxygen atoms in total. The molecule has 28 heavy (non-hydrogen) atoms. The highest BCUT2D eigenvalue weighted by Crippen LogP contribution is 2.27. The van der Waals surface area contributed by atoms with E-state index in [-0.39, 0.29) is 11.5 Å². The molecule has 0 radical (unpaired) electrons. The Morgan fingerprint density at radius 3 is 2.61 bits per heavy atom. The van der Waals surface area contributed by atoms with Crippen molar-refractivity contribution in [2.24, 2.45) is 0 Å². The van der Waals surface area contributed by atoms with Crippen molar-refractivity contribution in [1.29, 1.82) is 0 Å². The van der Waals surface area contributed by atoms with Crippen LogP contribution >= 0.6 is 11.3 Å². The Morgan fingerprint density at radius 2 is 1.89 bits per heavy atom. The minimum Gasteiger partial charge on any atom is -0.336 e. The van der Waals surface area contributed by atoms with E-state index in [0.29, 0.717) is 35.6 Å². The smallest absolute Gasteiger partial charge is 0.257 e. The Labute approximate surface area is 166 Å². The summed E-state index contributed by atoms with van der Waals surface area (Å²) in [4.78, 5) is 41.0. The molecule has 3 aromatic rings. The molecule has 4 rings (SSSR count). The van der Waals surface area contributed by atoms with Crippen LogP contribution in [0.2, 0.25) is 0 Å². The highest BCUT2D eigenvalue weighted by Gasteiger charge is 2.23. The topological polar surface area (TPSA) is 82.2 Å². The van der Waals surface area contributed by atoms with Gasteiger partial charge < -0.3 is 14.8 Å². The number of H-pyrrole nitrogens is 1.